The molecule has 0 amide bonds. The summed E-state index contributed by atoms with van der Waals surface area (Å²) >= 11 is 0. The molecule has 0 spiro atoms. The molecule has 1 unspecified atom stereocenters. The van der Waals surface area contributed by atoms with Crippen molar-refractivity contribution >= 4 is 0 Å². The highest BCUT2D eigenvalue weighted by atomic mass is 16.3. The van der Waals surface area contributed by atoms with Gasteiger partial charge in [-0.2, -0.15) is 0 Å². The number of phenols is 1. The molecule has 1 aliphatic rings. The molecule has 1 atom stereocenters. The second kappa shape index (κ2) is 3.86. The van der Waals surface area contributed by atoms with E-state index < -0.39 is 0 Å². The van der Waals surface area contributed by atoms with Gasteiger partial charge >= 0.3 is 0 Å². The van der Waals surface area contributed by atoms with Gasteiger partial charge in [-0.25, -0.2) is 0 Å². The lowest BCUT2D eigenvalue weighted by Gasteiger charge is -2.39. The van der Waals surface area contributed by atoms with Gasteiger partial charge in [0.1, 0.15) is 5.75 Å². The number of nitrogens with zero attached hydrogens (tertiary/aromatic N) is 1. The Morgan fingerprint density at radius 1 is 1.40 bits per heavy atom. The Balaban J connectivity index is 2.28. The Kier molecular flexibility index (Phi) is 2.70. The Hall–Kier alpha value is -1.02. The lowest BCUT2D eigenvalue weighted by Crippen LogP contribution is -2.42. The molecule has 1 aromatic carbocycles. The van der Waals surface area contributed by atoms with Crippen molar-refractivity contribution in [2.75, 3.05) is 20.1 Å². The van der Waals surface area contributed by atoms with Crippen molar-refractivity contribution in [1.82, 2.24) is 4.90 Å². The summed E-state index contributed by atoms with van der Waals surface area (Å²) in [5.74, 6) is 0.377. The summed E-state index contributed by atoms with van der Waals surface area (Å²) in [5.41, 5.74) is 1.46. The Morgan fingerprint density at radius 2 is 2.20 bits per heavy atom. The zero-order valence-electron chi connectivity index (χ0n) is 9.53. The van der Waals surface area contributed by atoms with Gasteiger partial charge in [0.2, 0.25) is 0 Å². The van der Waals surface area contributed by atoms with Gasteiger partial charge < -0.3 is 10.0 Å². The van der Waals surface area contributed by atoms with E-state index in [-0.39, 0.29) is 5.41 Å². The highest BCUT2D eigenvalue weighted by Gasteiger charge is 2.31. The molecule has 0 radical (unpaired) electrons. The molecule has 0 bridgehead atoms. The van der Waals surface area contributed by atoms with Gasteiger partial charge in [0.25, 0.3) is 0 Å². The van der Waals surface area contributed by atoms with Gasteiger partial charge in [-0.1, -0.05) is 19.1 Å². The number of phenolic OH excluding ortho intramolecular Hbond substituents is 1. The van der Waals surface area contributed by atoms with Gasteiger partial charge in [0.05, 0.1) is 0 Å². The number of rotatable bonds is 1. The molecule has 82 valence electrons. The normalized spacial score (nSPS) is 27.9. The summed E-state index contributed by atoms with van der Waals surface area (Å²) in [6.07, 6.45) is 2.45. The topological polar surface area (TPSA) is 23.5 Å². The van der Waals surface area contributed by atoms with E-state index in [1.807, 2.05) is 12.1 Å². The van der Waals surface area contributed by atoms with E-state index in [4.69, 9.17) is 0 Å². The average Bonchev–Trinajstić information content (AvgIpc) is 2.17. The fourth-order valence-corrected chi connectivity index (χ4v) is 2.61. The van der Waals surface area contributed by atoms with Crippen molar-refractivity contribution in [2.45, 2.75) is 25.2 Å². The maximum absolute atomic E-state index is 9.51. The Labute approximate surface area is 91.5 Å². The fraction of sp³-hybridized carbons (Fsp3) is 0.538. The van der Waals surface area contributed by atoms with Crippen LogP contribution in [-0.2, 0) is 5.41 Å². The molecule has 1 saturated heterocycles. The van der Waals surface area contributed by atoms with Crippen molar-refractivity contribution in [1.29, 1.82) is 0 Å². The molecule has 0 aliphatic carbocycles. The molecule has 15 heavy (non-hydrogen) atoms. The number of benzene rings is 1. The van der Waals surface area contributed by atoms with Crippen LogP contribution in [0.5, 0.6) is 5.75 Å². The lowest BCUT2D eigenvalue weighted by molar-refractivity contribution is 0.188. The Morgan fingerprint density at radius 3 is 2.87 bits per heavy atom. The second-order valence-corrected chi connectivity index (χ2v) is 4.95. The standard InChI is InChI=1S/C13H19NO/c1-13(7-4-8-14(2)10-13)11-5-3-6-12(15)9-11/h3,5-6,9,15H,4,7-8,10H2,1-2H3. The number of likely N-dealkylation sites (N-methyl/N-ethyl adjacent to an activating group) is 1. The number of hydrogen-bond donors (Lipinski definition) is 1. The van der Waals surface area contributed by atoms with Crippen LogP contribution in [0.3, 0.4) is 0 Å². The molecule has 1 fully saturated rings. The quantitative estimate of drug-likeness (QED) is 0.761. The first-order valence-electron chi connectivity index (χ1n) is 5.58. The van der Waals surface area contributed by atoms with Crippen molar-refractivity contribution in [2.24, 2.45) is 0 Å². The van der Waals surface area contributed by atoms with Crippen LogP contribution < -0.4 is 0 Å². The maximum atomic E-state index is 9.51. The van der Waals surface area contributed by atoms with Crippen LogP contribution in [0.1, 0.15) is 25.3 Å². The van der Waals surface area contributed by atoms with Gasteiger partial charge in [-0.3, -0.25) is 0 Å². The summed E-state index contributed by atoms with van der Waals surface area (Å²) in [5, 5.41) is 9.51. The van der Waals surface area contributed by atoms with Crippen LogP contribution in [0.2, 0.25) is 0 Å². The molecule has 1 aliphatic heterocycles. The van der Waals surface area contributed by atoms with Crippen LogP contribution >= 0.6 is 0 Å². The molecule has 2 rings (SSSR count). The molecule has 2 heteroatoms. The summed E-state index contributed by atoms with van der Waals surface area (Å²) in [4.78, 5) is 2.37. The number of aromatic hydroxyl groups is 1. The van der Waals surface area contributed by atoms with Crippen LogP contribution in [0.4, 0.5) is 0 Å². The maximum Gasteiger partial charge on any atom is 0.115 e. The molecule has 1 heterocycles. The van der Waals surface area contributed by atoms with E-state index in [0.29, 0.717) is 5.75 Å². The van der Waals surface area contributed by atoms with Crippen LogP contribution in [0.25, 0.3) is 0 Å². The highest BCUT2D eigenvalue weighted by Crippen LogP contribution is 2.34. The monoisotopic (exact) mass is 205 g/mol. The predicted octanol–water partition coefficient (Wildman–Crippen LogP) is 2.38. The zero-order valence-corrected chi connectivity index (χ0v) is 9.53. The SMILES string of the molecule is CN1CCCC(C)(c2cccc(O)c2)C1. The first-order valence-corrected chi connectivity index (χ1v) is 5.58. The first-order chi connectivity index (χ1) is 7.10. The third kappa shape index (κ3) is 2.15. The zero-order chi connectivity index (χ0) is 10.9. The van der Waals surface area contributed by atoms with Crippen molar-refractivity contribution in [3.05, 3.63) is 29.8 Å². The molecular weight excluding hydrogens is 186 g/mol. The Bertz CT molecular complexity index is 350. The molecule has 2 nitrogen and oxygen atoms in total. The molecule has 1 aromatic rings. The highest BCUT2D eigenvalue weighted by molar-refractivity contribution is 5.33. The summed E-state index contributed by atoms with van der Waals surface area (Å²) in [6.45, 7) is 4.56. The average molecular weight is 205 g/mol. The van der Waals surface area contributed by atoms with Gasteiger partial charge in [-0.15, -0.1) is 0 Å². The van der Waals surface area contributed by atoms with E-state index in [1.165, 1.54) is 24.9 Å². The van der Waals surface area contributed by atoms with Crippen molar-refractivity contribution in [3.8, 4) is 5.75 Å². The number of hydrogen-bond acceptors (Lipinski definition) is 2. The fourth-order valence-electron chi connectivity index (χ4n) is 2.61. The van der Waals surface area contributed by atoms with Crippen LogP contribution in [-0.4, -0.2) is 30.1 Å². The summed E-state index contributed by atoms with van der Waals surface area (Å²) in [7, 11) is 2.17. The van der Waals surface area contributed by atoms with E-state index >= 15 is 0 Å². The molecular formula is C13H19NO. The molecule has 0 saturated carbocycles. The number of piperidine rings is 1. The van der Waals surface area contributed by atoms with Gasteiger partial charge in [0, 0.05) is 12.0 Å². The van der Waals surface area contributed by atoms with Crippen molar-refractivity contribution < 1.29 is 5.11 Å². The van der Waals surface area contributed by atoms with E-state index in [2.05, 4.69) is 24.9 Å². The van der Waals surface area contributed by atoms with Crippen molar-refractivity contribution in [3.63, 3.8) is 0 Å². The second-order valence-electron chi connectivity index (χ2n) is 4.95. The van der Waals surface area contributed by atoms with Gasteiger partial charge in [-0.05, 0) is 44.1 Å². The molecule has 1 N–H and O–H groups in total. The minimum Gasteiger partial charge on any atom is -0.508 e. The lowest BCUT2D eigenvalue weighted by atomic mass is 9.76. The van der Waals surface area contributed by atoms with Gasteiger partial charge in [0.15, 0.2) is 0 Å². The molecule has 0 aromatic heterocycles. The van der Waals surface area contributed by atoms with Crippen LogP contribution in [0.15, 0.2) is 24.3 Å². The predicted molar refractivity (Wildman–Crippen MR) is 62.2 cm³/mol. The minimum atomic E-state index is 0.200. The first kappa shape index (κ1) is 10.5. The smallest absolute Gasteiger partial charge is 0.115 e. The van der Waals surface area contributed by atoms with Crippen LogP contribution in [0, 0.1) is 0 Å². The third-order valence-electron chi connectivity index (χ3n) is 3.43. The number of likely N-dealkylation sites (tertiary alicyclic amines) is 1. The summed E-state index contributed by atoms with van der Waals surface area (Å²) < 4.78 is 0. The summed E-state index contributed by atoms with van der Waals surface area (Å²) in [6, 6.07) is 7.70. The van der Waals surface area contributed by atoms with E-state index in [0.717, 1.165) is 6.54 Å². The largest absolute Gasteiger partial charge is 0.508 e. The minimum absolute atomic E-state index is 0.200. The third-order valence-corrected chi connectivity index (χ3v) is 3.43. The van der Waals surface area contributed by atoms with E-state index in [9.17, 15) is 5.11 Å². The van der Waals surface area contributed by atoms with E-state index in [1.54, 1.807) is 6.07 Å².